The van der Waals surface area contributed by atoms with Gasteiger partial charge in [0.25, 0.3) is 5.91 Å². The molecule has 1 aliphatic carbocycles. The molecule has 1 saturated carbocycles. The van der Waals surface area contributed by atoms with Crippen molar-refractivity contribution in [1.82, 2.24) is 5.32 Å². The van der Waals surface area contributed by atoms with Crippen LogP contribution in [0, 0.1) is 11.3 Å². The molecule has 1 aliphatic rings. The first-order valence-corrected chi connectivity index (χ1v) is 7.80. The SMILES string of the molecule is CN(C)c1ccc(C=C(C#N)C(=O)NC2CCCCC2)cc1. The summed E-state index contributed by atoms with van der Waals surface area (Å²) in [7, 11) is 3.95. The number of nitrogens with one attached hydrogen (secondary N) is 1. The second-order valence-corrected chi connectivity index (χ2v) is 5.96. The predicted octanol–water partition coefficient (Wildman–Crippen LogP) is 3.11. The van der Waals surface area contributed by atoms with Crippen LogP contribution in [-0.4, -0.2) is 26.0 Å². The quantitative estimate of drug-likeness (QED) is 0.686. The summed E-state index contributed by atoms with van der Waals surface area (Å²) in [6.07, 6.45) is 7.23. The standard InChI is InChI=1S/C18H23N3O/c1-21(2)17-10-8-14(9-11-17)12-15(13-19)18(22)20-16-6-4-3-5-7-16/h8-12,16H,3-7H2,1-2H3,(H,20,22). The summed E-state index contributed by atoms with van der Waals surface area (Å²) in [5, 5.41) is 12.2. The molecule has 0 saturated heterocycles. The molecular weight excluding hydrogens is 274 g/mol. The minimum Gasteiger partial charge on any atom is -0.378 e. The molecule has 0 aliphatic heterocycles. The smallest absolute Gasteiger partial charge is 0.262 e. The van der Waals surface area contributed by atoms with Crippen LogP contribution in [0.5, 0.6) is 0 Å². The second-order valence-electron chi connectivity index (χ2n) is 5.96. The second kappa shape index (κ2) is 7.65. The van der Waals surface area contributed by atoms with Gasteiger partial charge in [-0.2, -0.15) is 5.26 Å². The number of anilines is 1. The van der Waals surface area contributed by atoms with Gasteiger partial charge in [-0.1, -0.05) is 31.4 Å². The molecular formula is C18H23N3O. The lowest BCUT2D eigenvalue weighted by molar-refractivity contribution is -0.117. The maximum Gasteiger partial charge on any atom is 0.262 e. The number of carbonyl (C=O) groups excluding carboxylic acids is 1. The Labute approximate surface area is 132 Å². The van der Waals surface area contributed by atoms with Crippen molar-refractivity contribution in [2.24, 2.45) is 0 Å². The molecule has 1 N–H and O–H groups in total. The van der Waals surface area contributed by atoms with Crippen molar-refractivity contribution in [3.05, 3.63) is 35.4 Å². The molecule has 2 rings (SSSR count). The number of amides is 1. The summed E-state index contributed by atoms with van der Waals surface area (Å²) in [5.41, 5.74) is 2.12. The summed E-state index contributed by atoms with van der Waals surface area (Å²) in [4.78, 5) is 14.2. The lowest BCUT2D eigenvalue weighted by Crippen LogP contribution is -2.36. The predicted molar refractivity (Wildman–Crippen MR) is 89.4 cm³/mol. The van der Waals surface area contributed by atoms with E-state index in [1.54, 1.807) is 6.08 Å². The van der Waals surface area contributed by atoms with E-state index in [1.807, 2.05) is 49.3 Å². The molecule has 4 heteroatoms. The van der Waals surface area contributed by atoms with E-state index < -0.39 is 0 Å². The van der Waals surface area contributed by atoms with Crippen molar-refractivity contribution >= 4 is 17.7 Å². The molecule has 0 atom stereocenters. The van der Waals surface area contributed by atoms with Gasteiger partial charge in [-0.25, -0.2) is 0 Å². The van der Waals surface area contributed by atoms with E-state index in [2.05, 4.69) is 5.32 Å². The first-order valence-electron chi connectivity index (χ1n) is 7.80. The van der Waals surface area contributed by atoms with Crippen molar-refractivity contribution < 1.29 is 4.79 Å². The first kappa shape index (κ1) is 16.1. The van der Waals surface area contributed by atoms with Crippen LogP contribution in [0.3, 0.4) is 0 Å². The Kier molecular flexibility index (Phi) is 5.60. The minimum absolute atomic E-state index is 0.170. The van der Waals surface area contributed by atoms with Crippen LogP contribution in [-0.2, 0) is 4.79 Å². The molecule has 0 heterocycles. The molecule has 1 fully saturated rings. The van der Waals surface area contributed by atoms with E-state index in [-0.39, 0.29) is 17.5 Å². The Hall–Kier alpha value is -2.28. The third-order valence-corrected chi connectivity index (χ3v) is 4.03. The highest BCUT2D eigenvalue weighted by Gasteiger charge is 2.17. The van der Waals surface area contributed by atoms with Crippen molar-refractivity contribution in [1.29, 1.82) is 5.26 Å². The molecule has 22 heavy (non-hydrogen) atoms. The minimum atomic E-state index is -0.258. The number of benzene rings is 1. The fourth-order valence-corrected chi connectivity index (χ4v) is 2.69. The molecule has 1 aromatic carbocycles. The third kappa shape index (κ3) is 4.36. The van der Waals surface area contributed by atoms with Gasteiger partial charge >= 0.3 is 0 Å². The lowest BCUT2D eigenvalue weighted by Gasteiger charge is -2.22. The van der Waals surface area contributed by atoms with Gasteiger partial charge in [0.05, 0.1) is 0 Å². The van der Waals surface area contributed by atoms with Crippen LogP contribution in [0.2, 0.25) is 0 Å². The van der Waals surface area contributed by atoms with E-state index in [4.69, 9.17) is 0 Å². The summed E-state index contributed by atoms with van der Waals surface area (Å²) >= 11 is 0. The fraction of sp³-hybridized carbons (Fsp3) is 0.444. The van der Waals surface area contributed by atoms with Gasteiger partial charge in [0.15, 0.2) is 0 Å². The van der Waals surface area contributed by atoms with Crippen LogP contribution in [0.15, 0.2) is 29.8 Å². The molecule has 1 amide bonds. The average molecular weight is 297 g/mol. The summed E-state index contributed by atoms with van der Waals surface area (Å²) in [5.74, 6) is -0.258. The molecule has 0 radical (unpaired) electrons. The van der Waals surface area contributed by atoms with E-state index in [0.29, 0.717) is 0 Å². The fourth-order valence-electron chi connectivity index (χ4n) is 2.69. The topological polar surface area (TPSA) is 56.1 Å². The third-order valence-electron chi connectivity index (χ3n) is 4.03. The van der Waals surface area contributed by atoms with Crippen LogP contribution >= 0.6 is 0 Å². The number of nitriles is 1. The van der Waals surface area contributed by atoms with Crippen LogP contribution in [0.1, 0.15) is 37.7 Å². The molecule has 1 aromatic rings. The summed E-state index contributed by atoms with van der Waals surface area (Å²) < 4.78 is 0. The molecule has 0 unspecified atom stereocenters. The summed E-state index contributed by atoms with van der Waals surface area (Å²) in [6, 6.07) is 10.0. The first-order chi connectivity index (χ1) is 10.6. The van der Waals surface area contributed by atoms with Gasteiger partial charge in [-0.05, 0) is 36.6 Å². The number of rotatable bonds is 4. The van der Waals surface area contributed by atoms with E-state index in [9.17, 15) is 10.1 Å². The Balaban J connectivity index is 2.06. The highest BCUT2D eigenvalue weighted by molar-refractivity contribution is 6.01. The molecule has 0 spiro atoms. The lowest BCUT2D eigenvalue weighted by atomic mass is 9.95. The maximum absolute atomic E-state index is 12.2. The zero-order valence-corrected chi connectivity index (χ0v) is 13.3. The van der Waals surface area contributed by atoms with Gasteiger partial charge in [0.1, 0.15) is 11.6 Å². The monoisotopic (exact) mass is 297 g/mol. The zero-order valence-electron chi connectivity index (χ0n) is 13.3. The Morgan fingerprint density at radius 3 is 2.41 bits per heavy atom. The number of carbonyl (C=O) groups is 1. The highest BCUT2D eigenvalue weighted by atomic mass is 16.1. The highest BCUT2D eigenvalue weighted by Crippen LogP contribution is 2.18. The van der Waals surface area contributed by atoms with Gasteiger partial charge in [-0.3, -0.25) is 4.79 Å². The molecule has 116 valence electrons. The maximum atomic E-state index is 12.2. The zero-order chi connectivity index (χ0) is 15.9. The average Bonchev–Trinajstić information content (AvgIpc) is 2.53. The van der Waals surface area contributed by atoms with Crippen LogP contribution < -0.4 is 10.2 Å². The number of nitrogens with zero attached hydrogens (tertiary/aromatic N) is 2. The number of hydrogen-bond donors (Lipinski definition) is 1. The van der Waals surface area contributed by atoms with Gasteiger partial charge in [0.2, 0.25) is 0 Å². The van der Waals surface area contributed by atoms with Gasteiger partial charge in [0, 0.05) is 25.8 Å². The normalized spacial score (nSPS) is 16.0. The van der Waals surface area contributed by atoms with E-state index >= 15 is 0 Å². The van der Waals surface area contributed by atoms with Crippen molar-refractivity contribution in [3.63, 3.8) is 0 Å². The summed E-state index contributed by atoms with van der Waals surface area (Å²) in [6.45, 7) is 0. The van der Waals surface area contributed by atoms with Crippen molar-refractivity contribution in [3.8, 4) is 6.07 Å². The van der Waals surface area contributed by atoms with Crippen LogP contribution in [0.4, 0.5) is 5.69 Å². The van der Waals surface area contributed by atoms with E-state index in [0.717, 1.165) is 36.9 Å². The van der Waals surface area contributed by atoms with Crippen LogP contribution in [0.25, 0.3) is 6.08 Å². The number of hydrogen-bond acceptors (Lipinski definition) is 3. The van der Waals surface area contributed by atoms with E-state index in [1.165, 1.54) is 6.42 Å². The Bertz CT molecular complexity index is 575. The molecule has 0 aromatic heterocycles. The van der Waals surface area contributed by atoms with Crippen molar-refractivity contribution in [2.45, 2.75) is 38.1 Å². The van der Waals surface area contributed by atoms with Gasteiger partial charge < -0.3 is 10.2 Å². The molecule has 0 bridgehead atoms. The Morgan fingerprint density at radius 2 is 1.86 bits per heavy atom. The van der Waals surface area contributed by atoms with Crippen molar-refractivity contribution in [2.75, 3.05) is 19.0 Å². The van der Waals surface area contributed by atoms with Gasteiger partial charge in [-0.15, -0.1) is 0 Å². The molecule has 4 nitrogen and oxygen atoms in total. The Morgan fingerprint density at radius 1 is 1.23 bits per heavy atom. The largest absolute Gasteiger partial charge is 0.378 e.